The molecule has 2 N–H and O–H groups in total. The second-order valence-electron chi connectivity index (χ2n) is 4.91. The molecule has 0 saturated heterocycles. The van der Waals surface area contributed by atoms with Crippen molar-refractivity contribution >= 4 is 22.9 Å². The highest BCUT2D eigenvalue weighted by molar-refractivity contribution is 5.82. The number of nitrogens with two attached hydrogens (primary N) is 1. The lowest BCUT2D eigenvalue weighted by atomic mass is 10.1. The monoisotopic (exact) mass is 285 g/mol. The maximum Gasteiger partial charge on any atom is 0.242 e. The highest BCUT2D eigenvalue weighted by atomic mass is 16.5. The van der Waals surface area contributed by atoms with Gasteiger partial charge >= 0.3 is 0 Å². The molecule has 0 saturated carbocycles. The molecule has 1 aromatic carbocycles. The normalized spacial score (nSPS) is 14.0. The summed E-state index contributed by atoms with van der Waals surface area (Å²) < 4.78 is 5.46. The Labute approximate surface area is 124 Å². The molecule has 2 heterocycles. The molecule has 0 fully saturated rings. The van der Waals surface area contributed by atoms with Gasteiger partial charge in [-0.2, -0.15) is 4.98 Å². The van der Waals surface area contributed by atoms with Crippen LogP contribution in [0.3, 0.4) is 0 Å². The van der Waals surface area contributed by atoms with E-state index in [1.165, 1.54) is 12.0 Å². The Morgan fingerprint density at radius 1 is 1.19 bits per heavy atom. The topological polar surface area (TPSA) is 67.5 Å². The first-order valence-electron chi connectivity index (χ1n) is 7.03. The number of anilines is 4. The van der Waals surface area contributed by atoms with Gasteiger partial charge in [0.1, 0.15) is 12.0 Å². The number of para-hydroxylation sites is 2. The third-order valence-electron chi connectivity index (χ3n) is 3.61. The quantitative estimate of drug-likeness (QED) is 0.931. The fourth-order valence-corrected chi connectivity index (χ4v) is 2.56. The SMILES string of the molecule is CCOc1ncnc(N2CCN(C)c3ccccc32)c1N. The summed E-state index contributed by atoms with van der Waals surface area (Å²) >= 11 is 0. The second kappa shape index (κ2) is 5.47. The van der Waals surface area contributed by atoms with E-state index in [0.29, 0.717) is 24.0 Å². The number of likely N-dealkylation sites (N-methyl/N-ethyl adjacent to an activating group) is 1. The van der Waals surface area contributed by atoms with E-state index in [9.17, 15) is 0 Å². The Bertz CT molecular complexity index is 646. The summed E-state index contributed by atoms with van der Waals surface area (Å²) in [5.41, 5.74) is 8.93. The fourth-order valence-electron chi connectivity index (χ4n) is 2.56. The van der Waals surface area contributed by atoms with Crippen molar-refractivity contribution in [3.63, 3.8) is 0 Å². The lowest BCUT2D eigenvalue weighted by Crippen LogP contribution is -2.37. The van der Waals surface area contributed by atoms with Gasteiger partial charge in [0.05, 0.1) is 18.0 Å². The average Bonchev–Trinajstić information content (AvgIpc) is 2.51. The van der Waals surface area contributed by atoms with Crippen LogP contribution in [0.2, 0.25) is 0 Å². The van der Waals surface area contributed by atoms with Gasteiger partial charge in [-0.05, 0) is 19.1 Å². The lowest BCUT2D eigenvalue weighted by molar-refractivity contribution is 0.328. The van der Waals surface area contributed by atoms with Gasteiger partial charge in [-0.3, -0.25) is 0 Å². The number of aromatic nitrogens is 2. The molecule has 3 rings (SSSR count). The second-order valence-corrected chi connectivity index (χ2v) is 4.91. The van der Waals surface area contributed by atoms with Crippen LogP contribution >= 0.6 is 0 Å². The molecule has 21 heavy (non-hydrogen) atoms. The largest absolute Gasteiger partial charge is 0.476 e. The molecule has 0 spiro atoms. The smallest absolute Gasteiger partial charge is 0.242 e. The number of benzene rings is 1. The number of fused-ring (bicyclic) bond motifs is 1. The minimum absolute atomic E-state index is 0.443. The fraction of sp³-hybridized carbons (Fsp3) is 0.333. The number of rotatable bonds is 3. The average molecular weight is 285 g/mol. The molecule has 110 valence electrons. The molecular formula is C15H19N5O. The summed E-state index contributed by atoms with van der Waals surface area (Å²) in [4.78, 5) is 12.8. The highest BCUT2D eigenvalue weighted by Crippen LogP contribution is 2.39. The maximum absolute atomic E-state index is 6.19. The Hall–Kier alpha value is -2.50. The summed E-state index contributed by atoms with van der Waals surface area (Å²) in [6.45, 7) is 4.16. The van der Waals surface area contributed by atoms with Crippen LogP contribution in [0.4, 0.5) is 22.9 Å². The maximum atomic E-state index is 6.19. The van der Waals surface area contributed by atoms with Crippen LogP contribution in [0.15, 0.2) is 30.6 Å². The van der Waals surface area contributed by atoms with Gasteiger partial charge in [0, 0.05) is 20.1 Å². The van der Waals surface area contributed by atoms with Crippen LogP contribution in [0.25, 0.3) is 0 Å². The number of hydrogen-bond donors (Lipinski definition) is 1. The Balaban J connectivity index is 2.06. The van der Waals surface area contributed by atoms with E-state index in [0.717, 1.165) is 18.8 Å². The summed E-state index contributed by atoms with van der Waals surface area (Å²) in [5, 5.41) is 0. The Morgan fingerprint density at radius 3 is 2.71 bits per heavy atom. The first-order valence-corrected chi connectivity index (χ1v) is 7.03. The van der Waals surface area contributed by atoms with E-state index in [1.807, 2.05) is 19.1 Å². The zero-order valence-corrected chi connectivity index (χ0v) is 12.3. The van der Waals surface area contributed by atoms with Crippen molar-refractivity contribution in [2.45, 2.75) is 6.92 Å². The van der Waals surface area contributed by atoms with Gasteiger partial charge in [-0.1, -0.05) is 12.1 Å². The van der Waals surface area contributed by atoms with Gasteiger partial charge in [-0.15, -0.1) is 0 Å². The molecular weight excluding hydrogens is 266 g/mol. The van der Waals surface area contributed by atoms with Crippen LogP contribution in [0.1, 0.15) is 6.92 Å². The molecule has 0 atom stereocenters. The van der Waals surface area contributed by atoms with E-state index in [4.69, 9.17) is 10.5 Å². The van der Waals surface area contributed by atoms with Crippen molar-refractivity contribution in [1.29, 1.82) is 0 Å². The first-order chi connectivity index (χ1) is 10.2. The summed E-state index contributed by atoms with van der Waals surface area (Å²) in [6, 6.07) is 8.23. The third-order valence-corrected chi connectivity index (χ3v) is 3.61. The molecule has 6 nitrogen and oxygen atoms in total. The van der Waals surface area contributed by atoms with Crippen LogP contribution < -0.4 is 20.3 Å². The minimum Gasteiger partial charge on any atom is -0.476 e. The van der Waals surface area contributed by atoms with Crippen molar-refractivity contribution in [2.24, 2.45) is 0 Å². The van der Waals surface area contributed by atoms with Crippen molar-refractivity contribution in [2.75, 3.05) is 42.3 Å². The number of ether oxygens (including phenoxy) is 1. The minimum atomic E-state index is 0.443. The van der Waals surface area contributed by atoms with Gasteiger partial charge in [0.2, 0.25) is 5.88 Å². The molecule has 2 aromatic rings. The molecule has 6 heteroatoms. The summed E-state index contributed by atoms with van der Waals surface area (Å²) in [5.74, 6) is 1.15. The molecule has 0 unspecified atom stereocenters. The van der Waals surface area contributed by atoms with Crippen molar-refractivity contribution in [1.82, 2.24) is 9.97 Å². The van der Waals surface area contributed by atoms with Gasteiger partial charge in [0.25, 0.3) is 0 Å². The van der Waals surface area contributed by atoms with E-state index in [-0.39, 0.29) is 0 Å². The summed E-state index contributed by atoms with van der Waals surface area (Å²) in [7, 11) is 2.09. The predicted molar refractivity (Wildman–Crippen MR) is 84.3 cm³/mol. The van der Waals surface area contributed by atoms with Crippen molar-refractivity contribution in [3.05, 3.63) is 30.6 Å². The third kappa shape index (κ3) is 2.33. The van der Waals surface area contributed by atoms with E-state index < -0.39 is 0 Å². The van der Waals surface area contributed by atoms with Crippen LogP contribution in [-0.4, -0.2) is 36.7 Å². The lowest BCUT2D eigenvalue weighted by Gasteiger charge is -2.36. The standard InChI is InChI=1S/C15H19N5O/c1-3-21-15-13(16)14(17-10-18-15)20-9-8-19(2)11-6-4-5-7-12(11)20/h4-7,10H,3,8-9,16H2,1-2H3. The molecule has 0 aliphatic carbocycles. The molecule has 1 aromatic heterocycles. The van der Waals surface area contributed by atoms with E-state index >= 15 is 0 Å². The molecule has 1 aliphatic rings. The van der Waals surface area contributed by atoms with Crippen LogP contribution in [0.5, 0.6) is 5.88 Å². The van der Waals surface area contributed by atoms with Crippen LogP contribution in [0, 0.1) is 0 Å². The predicted octanol–water partition coefficient (Wildman–Crippen LogP) is 2.05. The van der Waals surface area contributed by atoms with Crippen molar-refractivity contribution < 1.29 is 4.74 Å². The van der Waals surface area contributed by atoms with E-state index in [2.05, 4.69) is 38.9 Å². The van der Waals surface area contributed by atoms with Gasteiger partial charge in [-0.25, -0.2) is 4.98 Å². The summed E-state index contributed by atoms with van der Waals surface area (Å²) in [6.07, 6.45) is 1.50. The highest BCUT2D eigenvalue weighted by Gasteiger charge is 2.24. The number of hydrogen-bond acceptors (Lipinski definition) is 6. The Morgan fingerprint density at radius 2 is 1.95 bits per heavy atom. The van der Waals surface area contributed by atoms with Gasteiger partial charge in [0.15, 0.2) is 5.82 Å². The zero-order valence-electron chi connectivity index (χ0n) is 12.3. The zero-order chi connectivity index (χ0) is 14.8. The molecule has 0 amide bonds. The molecule has 0 radical (unpaired) electrons. The molecule has 1 aliphatic heterocycles. The number of nitrogen functional groups attached to an aromatic ring is 1. The van der Waals surface area contributed by atoms with Crippen LogP contribution in [-0.2, 0) is 0 Å². The Kier molecular flexibility index (Phi) is 3.51. The first kappa shape index (κ1) is 13.5. The number of nitrogens with zero attached hydrogens (tertiary/aromatic N) is 4. The van der Waals surface area contributed by atoms with Gasteiger partial charge < -0.3 is 20.3 Å². The molecule has 0 bridgehead atoms. The van der Waals surface area contributed by atoms with Crippen molar-refractivity contribution in [3.8, 4) is 5.88 Å². The van der Waals surface area contributed by atoms with E-state index in [1.54, 1.807) is 0 Å².